The van der Waals surface area contributed by atoms with Gasteiger partial charge in [-0.05, 0) is 60.7 Å². The summed E-state index contributed by atoms with van der Waals surface area (Å²) >= 11 is 5.85. The average Bonchev–Trinajstić information content (AvgIpc) is 2.89. The summed E-state index contributed by atoms with van der Waals surface area (Å²) in [6.45, 7) is 0. The molecule has 0 radical (unpaired) electrons. The SMILES string of the molecule is O=C(Nc1ccc(Cl)cc1)NC(C(=O)Nc1ccc(-c2cccc[n+]2[O-])cc1)c1ccccc1OC(F)(F)F. The summed E-state index contributed by atoms with van der Waals surface area (Å²) in [6.07, 6.45) is -3.69. The maximum Gasteiger partial charge on any atom is 0.573 e. The Morgan fingerprint density at radius 1 is 0.846 bits per heavy atom. The third kappa shape index (κ3) is 7.39. The zero-order valence-corrected chi connectivity index (χ0v) is 20.7. The lowest BCUT2D eigenvalue weighted by Gasteiger charge is -2.22. The van der Waals surface area contributed by atoms with Gasteiger partial charge in [-0.2, -0.15) is 4.73 Å². The second kappa shape index (κ2) is 11.7. The number of amides is 3. The van der Waals surface area contributed by atoms with Crippen LogP contribution in [-0.4, -0.2) is 18.3 Å². The van der Waals surface area contributed by atoms with E-state index in [4.69, 9.17) is 11.6 Å². The molecule has 3 amide bonds. The lowest BCUT2D eigenvalue weighted by Crippen LogP contribution is -2.39. The van der Waals surface area contributed by atoms with Gasteiger partial charge in [-0.15, -0.1) is 13.2 Å². The number of nitrogens with zero attached hydrogens (tertiary/aromatic N) is 1. The standard InChI is InChI=1S/C27H20ClF3N4O4/c28-18-10-14-20(15-11-18)33-26(37)34-24(21-5-1-2-7-23(21)39-27(29,30)31)25(36)32-19-12-8-17(9-13-19)22-6-3-4-16-35(22)38/h1-16,24H,(H,32,36)(H2,33,34,37). The Balaban J connectivity index is 1.59. The average molecular weight is 557 g/mol. The number of carbonyl (C=O) groups excluding carboxylic acids is 2. The van der Waals surface area contributed by atoms with Gasteiger partial charge in [0, 0.05) is 39.7 Å². The van der Waals surface area contributed by atoms with Gasteiger partial charge in [0.25, 0.3) is 5.91 Å². The molecule has 0 saturated heterocycles. The molecule has 0 aliphatic rings. The van der Waals surface area contributed by atoms with E-state index >= 15 is 0 Å². The molecule has 1 atom stereocenters. The summed E-state index contributed by atoms with van der Waals surface area (Å²) in [5.74, 6) is -1.50. The Labute approximate surface area is 225 Å². The molecule has 12 heteroatoms. The normalized spacial score (nSPS) is 11.8. The van der Waals surface area contributed by atoms with Crippen molar-refractivity contribution in [3.63, 3.8) is 0 Å². The van der Waals surface area contributed by atoms with E-state index in [1.165, 1.54) is 60.8 Å². The second-order valence-corrected chi connectivity index (χ2v) is 8.54. The van der Waals surface area contributed by atoms with Crippen molar-refractivity contribution >= 4 is 34.9 Å². The van der Waals surface area contributed by atoms with E-state index in [0.29, 0.717) is 26.7 Å². The number of nitrogens with one attached hydrogen (secondary N) is 3. The molecule has 1 aromatic heterocycles. The molecule has 0 aliphatic carbocycles. The third-order valence-electron chi connectivity index (χ3n) is 5.37. The first-order valence-electron chi connectivity index (χ1n) is 11.4. The number of para-hydroxylation sites is 1. The highest BCUT2D eigenvalue weighted by atomic mass is 35.5. The monoisotopic (exact) mass is 556 g/mol. The van der Waals surface area contributed by atoms with Crippen LogP contribution in [0, 0.1) is 5.21 Å². The van der Waals surface area contributed by atoms with Crippen LogP contribution in [0.25, 0.3) is 11.3 Å². The highest BCUT2D eigenvalue weighted by Gasteiger charge is 2.34. The molecular weight excluding hydrogens is 537 g/mol. The molecule has 8 nitrogen and oxygen atoms in total. The highest BCUT2D eigenvalue weighted by Crippen LogP contribution is 2.31. The maximum absolute atomic E-state index is 13.3. The molecule has 0 spiro atoms. The summed E-state index contributed by atoms with van der Waals surface area (Å²) in [5, 5.41) is 19.9. The summed E-state index contributed by atoms with van der Waals surface area (Å²) in [7, 11) is 0. The van der Waals surface area contributed by atoms with Crippen LogP contribution in [-0.2, 0) is 4.79 Å². The molecule has 0 saturated carbocycles. The minimum atomic E-state index is -5.03. The van der Waals surface area contributed by atoms with Crippen LogP contribution in [0.1, 0.15) is 11.6 Å². The number of rotatable bonds is 7. The van der Waals surface area contributed by atoms with Gasteiger partial charge in [0.1, 0.15) is 11.8 Å². The number of ether oxygens (including phenoxy) is 1. The van der Waals surface area contributed by atoms with E-state index in [1.54, 1.807) is 30.3 Å². The Hall–Kier alpha value is -4.77. The van der Waals surface area contributed by atoms with Gasteiger partial charge in [-0.1, -0.05) is 29.8 Å². The van der Waals surface area contributed by atoms with Crippen LogP contribution in [0.5, 0.6) is 5.75 Å². The largest absolute Gasteiger partial charge is 0.618 e. The highest BCUT2D eigenvalue weighted by molar-refractivity contribution is 6.30. The molecular formula is C27H20ClF3N4O4. The van der Waals surface area contributed by atoms with Crippen LogP contribution in [0.2, 0.25) is 5.02 Å². The Morgan fingerprint density at radius 2 is 1.46 bits per heavy atom. The van der Waals surface area contributed by atoms with Crippen molar-refractivity contribution in [3.8, 4) is 17.0 Å². The van der Waals surface area contributed by atoms with Crippen LogP contribution >= 0.6 is 11.6 Å². The summed E-state index contributed by atoms with van der Waals surface area (Å²) in [6, 6.07) is 19.7. The minimum Gasteiger partial charge on any atom is -0.618 e. The molecule has 3 N–H and O–H groups in total. The number of alkyl halides is 3. The van der Waals surface area contributed by atoms with E-state index in [9.17, 15) is 28.0 Å². The number of hydrogen-bond acceptors (Lipinski definition) is 4. The van der Waals surface area contributed by atoms with E-state index < -0.39 is 30.1 Å². The number of carbonyl (C=O) groups is 2. The molecule has 0 aliphatic heterocycles. The molecule has 1 unspecified atom stereocenters. The van der Waals surface area contributed by atoms with Crippen LogP contribution in [0.15, 0.2) is 97.2 Å². The van der Waals surface area contributed by atoms with Crippen molar-refractivity contribution in [2.75, 3.05) is 10.6 Å². The summed E-state index contributed by atoms with van der Waals surface area (Å²) in [4.78, 5) is 26.0. The van der Waals surface area contributed by atoms with E-state index in [-0.39, 0.29) is 11.3 Å². The lowest BCUT2D eigenvalue weighted by molar-refractivity contribution is -0.593. The molecule has 1 heterocycles. The zero-order chi connectivity index (χ0) is 28.0. The third-order valence-corrected chi connectivity index (χ3v) is 5.62. The number of halogens is 4. The number of benzene rings is 3. The van der Waals surface area contributed by atoms with Gasteiger partial charge in [-0.25, -0.2) is 4.79 Å². The Morgan fingerprint density at radius 3 is 2.13 bits per heavy atom. The molecule has 200 valence electrons. The van der Waals surface area contributed by atoms with Crippen LogP contribution in [0.4, 0.5) is 29.3 Å². The second-order valence-electron chi connectivity index (χ2n) is 8.10. The van der Waals surface area contributed by atoms with Gasteiger partial charge in [0.05, 0.1) is 0 Å². The van der Waals surface area contributed by atoms with E-state index in [1.807, 2.05) is 0 Å². The predicted molar refractivity (Wildman–Crippen MR) is 139 cm³/mol. The van der Waals surface area contributed by atoms with Crippen molar-refractivity contribution in [2.24, 2.45) is 0 Å². The van der Waals surface area contributed by atoms with Gasteiger partial charge in [0.2, 0.25) is 5.69 Å². The number of aromatic nitrogens is 1. The van der Waals surface area contributed by atoms with Gasteiger partial charge < -0.3 is 25.9 Å². The fourth-order valence-corrected chi connectivity index (χ4v) is 3.77. The first kappa shape index (κ1) is 27.3. The lowest BCUT2D eigenvalue weighted by atomic mass is 10.0. The fourth-order valence-electron chi connectivity index (χ4n) is 3.64. The van der Waals surface area contributed by atoms with Gasteiger partial charge in [0.15, 0.2) is 6.20 Å². The quantitative estimate of drug-likeness (QED) is 0.190. The van der Waals surface area contributed by atoms with Crippen molar-refractivity contribution < 1.29 is 32.2 Å². The zero-order valence-electron chi connectivity index (χ0n) is 19.9. The van der Waals surface area contributed by atoms with Crippen molar-refractivity contribution in [2.45, 2.75) is 12.4 Å². The topological polar surface area (TPSA) is 106 Å². The molecule has 0 bridgehead atoms. The fraction of sp³-hybridized carbons (Fsp3) is 0.0741. The number of pyridine rings is 1. The van der Waals surface area contributed by atoms with Crippen LogP contribution in [0.3, 0.4) is 0 Å². The summed E-state index contributed by atoms with van der Waals surface area (Å²) in [5.41, 5.74) is 1.34. The van der Waals surface area contributed by atoms with Crippen molar-refractivity contribution in [1.29, 1.82) is 0 Å². The van der Waals surface area contributed by atoms with Gasteiger partial charge in [-0.3, -0.25) is 4.79 Å². The number of urea groups is 1. The maximum atomic E-state index is 13.3. The molecule has 3 aromatic carbocycles. The van der Waals surface area contributed by atoms with Crippen molar-refractivity contribution in [1.82, 2.24) is 5.32 Å². The molecule has 39 heavy (non-hydrogen) atoms. The molecule has 4 aromatic rings. The molecule has 4 rings (SSSR count). The van der Waals surface area contributed by atoms with E-state index in [0.717, 1.165) is 6.07 Å². The van der Waals surface area contributed by atoms with Crippen LogP contribution < -0.4 is 25.4 Å². The van der Waals surface area contributed by atoms with E-state index in [2.05, 4.69) is 20.7 Å². The minimum absolute atomic E-state index is 0.230. The first-order valence-corrected chi connectivity index (χ1v) is 11.7. The van der Waals surface area contributed by atoms with Gasteiger partial charge >= 0.3 is 12.4 Å². The Kier molecular flexibility index (Phi) is 8.21. The smallest absolute Gasteiger partial charge is 0.573 e. The summed E-state index contributed by atoms with van der Waals surface area (Å²) < 4.78 is 44.0. The molecule has 0 fully saturated rings. The number of anilines is 2. The first-order chi connectivity index (χ1) is 18.6. The predicted octanol–water partition coefficient (Wildman–Crippen LogP) is 6.04. The van der Waals surface area contributed by atoms with Crippen molar-refractivity contribution in [3.05, 3.63) is 113 Å². The Bertz CT molecular complexity index is 1470. The number of hydrogen-bond donors (Lipinski definition) is 3.